The van der Waals surface area contributed by atoms with E-state index < -0.39 is 53.2 Å². The van der Waals surface area contributed by atoms with Crippen LogP contribution in [0.4, 0.5) is 13.2 Å². The fourth-order valence-electron chi connectivity index (χ4n) is 5.00. The average Bonchev–Trinajstić information content (AvgIpc) is 3.72. The van der Waals surface area contributed by atoms with Crippen LogP contribution in [-0.2, 0) is 16.0 Å². The van der Waals surface area contributed by atoms with Gasteiger partial charge in [-0.05, 0) is 24.5 Å². The van der Waals surface area contributed by atoms with E-state index in [1.54, 1.807) is 24.3 Å². The Bertz CT molecular complexity index is 1550. The fourth-order valence-corrected chi connectivity index (χ4v) is 7.60. The zero-order valence-corrected chi connectivity index (χ0v) is 23.7. The number of carbonyl (C=O) groups is 1. The number of rotatable bonds is 8. The summed E-state index contributed by atoms with van der Waals surface area (Å²) in [4.78, 5) is 17.6. The number of carbonyl (C=O) groups excluding carboxylic acids is 1. The molecule has 12 nitrogen and oxygen atoms in total. The van der Waals surface area contributed by atoms with Crippen molar-refractivity contribution in [1.29, 1.82) is 5.41 Å². The zero-order valence-electron chi connectivity index (χ0n) is 22.1. The van der Waals surface area contributed by atoms with E-state index in [0.717, 1.165) is 30.6 Å². The Balaban J connectivity index is 1.47. The monoisotopic (exact) mass is 627 g/mol. The number of nitrogen functional groups attached to an aromatic ring is 1. The van der Waals surface area contributed by atoms with Crippen LogP contribution in [0.5, 0.6) is 0 Å². The zero-order chi connectivity index (χ0) is 30.2. The van der Waals surface area contributed by atoms with E-state index in [-0.39, 0.29) is 54.2 Å². The molecule has 3 atom stereocenters. The van der Waals surface area contributed by atoms with Crippen LogP contribution in [0.3, 0.4) is 0 Å². The average molecular weight is 628 g/mol. The number of nitrogens with one attached hydrogen (secondary N) is 1. The highest BCUT2D eigenvalue weighted by Gasteiger charge is 2.51. The van der Waals surface area contributed by atoms with Crippen molar-refractivity contribution in [3.05, 3.63) is 65.4 Å². The van der Waals surface area contributed by atoms with Crippen LogP contribution in [0, 0.1) is 11.3 Å². The minimum absolute atomic E-state index is 0.0235. The molecule has 42 heavy (non-hydrogen) atoms. The number of piperidine rings is 1. The Morgan fingerprint density at radius 2 is 1.81 bits per heavy atom. The number of aromatic nitrogens is 3. The lowest BCUT2D eigenvalue weighted by Gasteiger charge is -2.38. The minimum atomic E-state index is -4.67. The van der Waals surface area contributed by atoms with E-state index >= 15 is 0 Å². The molecule has 3 unspecified atom stereocenters. The Morgan fingerprint density at radius 1 is 1.12 bits per heavy atom. The van der Waals surface area contributed by atoms with Gasteiger partial charge in [0.2, 0.25) is 0 Å². The molecule has 2 saturated heterocycles. The number of nitrogens with two attached hydrogens (primary N) is 1. The lowest BCUT2D eigenvalue weighted by Crippen LogP contribution is -2.51. The first-order chi connectivity index (χ1) is 19.8. The summed E-state index contributed by atoms with van der Waals surface area (Å²) in [7, 11) is -4.15. The molecule has 0 spiro atoms. The van der Waals surface area contributed by atoms with E-state index in [2.05, 4.69) is 10.1 Å². The summed E-state index contributed by atoms with van der Waals surface area (Å²) >= 11 is 1.06. The van der Waals surface area contributed by atoms with Crippen LogP contribution in [-0.4, -0.2) is 87.1 Å². The van der Waals surface area contributed by atoms with Gasteiger partial charge in [0.15, 0.2) is 11.0 Å². The van der Waals surface area contributed by atoms with Crippen molar-refractivity contribution in [3.8, 4) is 0 Å². The molecule has 1 aromatic carbocycles. The number of furan rings is 1. The Labute approximate surface area is 243 Å². The van der Waals surface area contributed by atoms with Crippen LogP contribution >= 0.6 is 11.8 Å². The number of nitrogens with zero attached hydrogens (tertiary/aromatic N) is 5. The molecule has 17 heteroatoms. The van der Waals surface area contributed by atoms with Crippen LogP contribution in [0.1, 0.15) is 46.1 Å². The third-order valence-corrected chi connectivity index (χ3v) is 10.3. The molecule has 2 aromatic heterocycles. The second-order valence-corrected chi connectivity index (χ2v) is 13.0. The number of β-amino-alcohol motifs (C(OH)–C–C–N with tert-alkyl or cyclic N) is 1. The van der Waals surface area contributed by atoms with Crippen molar-refractivity contribution in [2.24, 2.45) is 11.7 Å². The van der Waals surface area contributed by atoms with Crippen molar-refractivity contribution in [1.82, 2.24) is 23.4 Å². The summed E-state index contributed by atoms with van der Waals surface area (Å²) in [6.45, 7) is -0.970. The van der Waals surface area contributed by atoms with Gasteiger partial charge < -0.3 is 15.3 Å². The van der Waals surface area contributed by atoms with Gasteiger partial charge in [-0.1, -0.05) is 36.0 Å². The molecule has 0 bridgehead atoms. The maximum Gasteiger partial charge on any atom is 0.392 e. The molecule has 5 rings (SSSR count). The highest BCUT2D eigenvalue weighted by atomic mass is 32.2. The molecule has 2 aliphatic heterocycles. The summed E-state index contributed by atoms with van der Waals surface area (Å²) in [5.41, 5.74) is 6.89. The van der Waals surface area contributed by atoms with Crippen LogP contribution in [0.2, 0.25) is 0 Å². The number of amidine groups is 1. The van der Waals surface area contributed by atoms with Gasteiger partial charge in [-0.2, -0.15) is 34.9 Å². The number of aliphatic hydroxyl groups excluding tert-OH is 1. The topological polar surface area (TPSA) is 172 Å². The van der Waals surface area contributed by atoms with Crippen molar-refractivity contribution >= 4 is 33.7 Å². The molecule has 0 aliphatic carbocycles. The van der Waals surface area contributed by atoms with E-state index in [0.29, 0.717) is 5.56 Å². The number of aliphatic hydroxyl groups is 1. The standard InChI is InChI=1S/C25H28F3N7O5S2/c26-25(27,28)20-6-9-34(42(38,39)33-8-5-18(36)11-33)12-19(20)22-31-24(35(32-22)23(37)17-7-10-40-13-17)41-14-15-1-3-16(4-2-15)21(29)30/h1-4,7,10,13,18-20,36H,5-6,8-9,11-12,14H2,(H3,29,30). The molecular formula is C25H28F3N7O5S2. The predicted octanol–water partition coefficient (Wildman–Crippen LogP) is 2.42. The molecule has 2 fully saturated rings. The third-order valence-electron chi connectivity index (χ3n) is 7.29. The smallest absolute Gasteiger partial charge is 0.392 e. The normalized spacial score (nSPS) is 22.4. The number of hydrogen-bond donors (Lipinski definition) is 3. The van der Waals surface area contributed by atoms with Gasteiger partial charge >= 0.3 is 6.18 Å². The maximum atomic E-state index is 14.2. The van der Waals surface area contributed by atoms with Gasteiger partial charge in [-0.15, -0.1) is 5.10 Å². The largest absolute Gasteiger partial charge is 0.472 e. The molecule has 4 heterocycles. The quantitative estimate of drug-likeness (QED) is 0.193. The van der Waals surface area contributed by atoms with Gasteiger partial charge in [0.1, 0.15) is 12.1 Å². The van der Waals surface area contributed by atoms with Crippen molar-refractivity contribution in [3.63, 3.8) is 0 Å². The summed E-state index contributed by atoms with van der Waals surface area (Å²) in [6.07, 6.45) is -3.34. The number of thioether (sulfide) groups is 1. The molecular weight excluding hydrogens is 599 g/mol. The molecule has 4 N–H and O–H groups in total. The fraction of sp³-hybridized carbons (Fsp3) is 0.440. The van der Waals surface area contributed by atoms with E-state index in [4.69, 9.17) is 15.6 Å². The Hall–Kier alpha value is -3.25. The summed E-state index contributed by atoms with van der Waals surface area (Å²) in [5, 5.41) is 21.6. The van der Waals surface area contributed by atoms with Gasteiger partial charge in [-0.3, -0.25) is 10.2 Å². The molecule has 0 radical (unpaired) electrons. The lowest BCUT2D eigenvalue weighted by atomic mass is 9.85. The molecule has 2 aliphatic rings. The number of alkyl halides is 3. The van der Waals surface area contributed by atoms with Gasteiger partial charge in [0.25, 0.3) is 16.1 Å². The maximum absolute atomic E-state index is 14.2. The van der Waals surface area contributed by atoms with E-state index in [1.807, 2.05) is 0 Å². The minimum Gasteiger partial charge on any atom is -0.472 e. The third kappa shape index (κ3) is 6.24. The lowest BCUT2D eigenvalue weighted by molar-refractivity contribution is -0.189. The van der Waals surface area contributed by atoms with Crippen LogP contribution < -0.4 is 5.73 Å². The first-order valence-electron chi connectivity index (χ1n) is 12.9. The number of halogens is 3. The number of hydrogen-bond acceptors (Lipinski definition) is 9. The van der Waals surface area contributed by atoms with Gasteiger partial charge in [0, 0.05) is 43.4 Å². The van der Waals surface area contributed by atoms with Crippen LogP contribution in [0.15, 0.2) is 52.4 Å². The summed E-state index contributed by atoms with van der Waals surface area (Å²) in [5.74, 6) is -4.23. The van der Waals surface area contributed by atoms with E-state index in [1.165, 1.54) is 18.6 Å². The van der Waals surface area contributed by atoms with Gasteiger partial charge in [-0.25, -0.2) is 4.98 Å². The highest BCUT2D eigenvalue weighted by molar-refractivity contribution is 7.98. The molecule has 0 amide bonds. The number of benzene rings is 1. The molecule has 226 valence electrons. The highest BCUT2D eigenvalue weighted by Crippen LogP contribution is 2.43. The second-order valence-electron chi connectivity index (χ2n) is 10.1. The molecule has 3 aromatic rings. The predicted molar refractivity (Wildman–Crippen MR) is 145 cm³/mol. The van der Waals surface area contributed by atoms with Crippen molar-refractivity contribution in [2.45, 2.75) is 41.9 Å². The summed E-state index contributed by atoms with van der Waals surface area (Å²) < 4.78 is 77.1. The SMILES string of the molecule is N=C(N)c1ccc(CSc2nc(C3CN(S(=O)(=O)N4CCC(O)C4)CCC3C(F)(F)F)nn2C(=O)c2ccoc2)cc1. The molecule has 0 saturated carbocycles. The van der Waals surface area contributed by atoms with Crippen LogP contribution in [0.25, 0.3) is 0 Å². The summed E-state index contributed by atoms with van der Waals surface area (Å²) in [6, 6.07) is 8.13. The first kappa shape index (κ1) is 30.2. The van der Waals surface area contributed by atoms with Gasteiger partial charge in [0.05, 0.1) is 23.8 Å². The Morgan fingerprint density at radius 3 is 2.40 bits per heavy atom. The van der Waals surface area contributed by atoms with E-state index in [9.17, 15) is 31.5 Å². The van der Waals surface area contributed by atoms with Crippen molar-refractivity contribution in [2.75, 3.05) is 26.2 Å². The van der Waals surface area contributed by atoms with Crippen molar-refractivity contribution < 1.29 is 35.9 Å². The second kappa shape index (κ2) is 11.8. The first-order valence-corrected chi connectivity index (χ1v) is 15.3. The Kier molecular flexibility index (Phi) is 8.48.